The summed E-state index contributed by atoms with van der Waals surface area (Å²) in [6, 6.07) is 10.4. The van der Waals surface area contributed by atoms with E-state index in [9.17, 15) is 9.90 Å². The number of amides is 1. The molecule has 2 rings (SSSR count). The Labute approximate surface area is 145 Å². The molecule has 0 radical (unpaired) electrons. The van der Waals surface area contributed by atoms with Crippen LogP contribution in [0.3, 0.4) is 0 Å². The number of aliphatic hydroxyl groups is 1. The van der Waals surface area contributed by atoms with Crippen molar-refractivity contribution in [3.63, 3.8) is 0 Å². The van der Waals surface area contributed by atoms with Crippen molar-refractivity contribution in [2.45, 2.75) is 50.8 Å². The van der Waals surface area contributed by atoms with Gasteiger partial charge in [-0.15, -0.1) is 0 Å². The molecule has 1 aliphatic rings. The third-order valence-corrected chi connectivity index (χ3v) is 4.91. The van der Waals surface area contributed by atoms with Crippen molar-refractivity contribution >= 4 is 5.91 Å². The number of aliphatic hydroxyl groups excluding tert-OH is 1. The van der Waals surface area contributed by atoms with Gasteiger partial charge in [0.25, 0.3) is 0 Å². The summed E-state index contributed by atoms with van der Waals surface area (Å²) in [5.41, 5.74) is 0.294. The van der Waals surface area contributed by atoms with Gasteiger partial charge in [0.1, 0.15) is 0 Å². The molecule has 134 valence electrons. The molecular formula is C19H30N2O3. The number of carbonyl (C=O) groups excluding carboxylic acids is 1. The fourth-order valence-electron chi connectivity index (χ4n) is 3.10. The first-order valence-electron chi connectivity index (χ1n) is 8.61. The molecule has 0 bridgehead atoms. The number of hydrogen-bond acceptors (Lipinski definition) is 4. The molecule has 2 N–H and O–H groups in total. The zero-order valence-corrected chi connectivity index (χ0v) is 15.0. The van der Waals surface area contributed by atoms with Crippen LogP contribution in [0.2, 0.25) is 0 Å². The van der Waals surface area contributed by atoms with E-state index in [0.717, 1.165) is 32.5 Å². The van der Waals surface area contributed by atoms with Crippen LogP contribution in [0.15, 0.2) is 30.3 Å². The number of nitrogens with zero attached hydrogens (tertiary/aromatic N) is 1. The minimum absolute atomic E-state index is 0.0225. The summed E-state index contributed by atoms with van der Waals surface area (Å²) >= 11 is 0. The van der Waals surface area contributed by atoms with E-state index in [1.54, 1.807) is 7.11 Å². The van der Waals surface area contributed by atoms with E-state index in [4.69, 9.17) is 4.74 Å². The number of nitrogens with one attached hydrogen (secondary N) is 1. The topological polar surface area (TPSA) is 61.8 Å². The molecule has 0 aliphatic carbocycles. The number of ether oxygens (including phenoxy) is 1. The monoisotopic (exact) mass is 334 g/mol. The number of carbonyl (C=O) groups is 1. The highest BCUT2D eigenvalue weighted by Crippen LogP contribution is 2.24. The zero-order valence-electron chi connectivity index (χ0n) is 15.0. The summed E-state index contributed by atoms with van der Waals surface area (Å²) in [7, 11) is 1.61. The summed E-state index contributed by atoms with van der Waals surface area (Å²) in [6.45, 7) is 6.40. The van der Waals surface area contributed by atoms with Gasteiger partial charge >= 0.3 is 0 Å². The van der Waals surface area contributed by atoms with Gasteiger partial charge in [-0.3, -0.25) is 9.69 Å². The van der Waals surface area contributed by atoms with E-state index < -0.39 is 11.1 Å². The number of methoxy groups -OCH3 is 1. The van der Waals surface area contributed by atoms with Gasteiger partial charge in [0, 0.05) is 26.7 Å². The molecule has 24 heavy (non-hydrogen) atoms. The van der Waals surface area contributed by atoms with Crippen molar-refractivity contribution in [1.82, 2.24) is 10.2 Å². The van der Waals surface area contributed by atoms with Crippen LogP contribution < -0.4 is 5.32 Å². The largest absolute Gasteiger partial charge is 0.394 e. The number of likely N-dealkylation sites (tertiary alicyclic amines) is 1. The minimum atomic E-state index is -0.506. The molecule has 0 atom stereocenters. The molecule has 1 saturated heterocycles. The smallest absolute Gasteiger partial charge is 0.223 e. The molecule has 0 aromatic heterocycles. The van der Waals surface area contributed by atoms with Gasteiger partial charge in [0.2, 0.25) is 5.91 Å². The molecule has 0 saturated carbocycles. The number of benzene rings is 1. The minimum Gasteiger partial charge on any atom is -0.394 e. The van der Waals surface area contributed by atoms with Crippen molar-refractivity contribution in [2.24, 2.45) is 0 Å². The first-order valence-corrected chi connectivity index (χ1v) is 8.61. The van der Waals surface area contributed by atoms with Gasteiger partial charge in [0.15, 0.2) is 0 Å². The predicted octanol–water partition coefficient (Wildman–Crippen LogP) is 1.94. The second kappa shape index (κ2) is 8.10. The second-order valence-electron chi connectivity index (χ2n) is 7.39. The van der Waals surface area contributed by atoms with Crippen LogP contribution in [0, 0.1) is 0 Å². The molecule has 1 heterocycles. The third-order valence-electron chi connectivity index (χ3n) is 4.91. The molecule has 0 spiro atoms. The lowest BCUT2D eigenvalue weighted by atomic mass is 9.87. The molecule has 5 heteroatoms. The number of hydrogen-bond donors (Lipinski definition) is 2. The van der Waals surface area contributed by atoms with Gasteiger partial charge in [0.05, 0.1) is 24.2 Å². The Morgan fingerprint density at radius 3 is 2.46 bits per heavy atom. The zero-order chi connectivity index (χ0) is 17.6. The van der Waals surface area contributed by atoms with Crippen LogP contribution in [0.25, 0.3) is 0 Å². The summed E-state index contributed by atoms with van der Waals surface area (Å²) in [4.78, 5) is 14.7. The van der Waals surface area contributed by atoms with Crippen LogP contribution in [0.4, 0.5) is 0 Å². The number of piperidine rings is 1. The summed E-state index contributed by atoms with van der Waals surface area (Å²) < 4.78 is 5.32. The molecule has 1 aromatic rings. The standard InChI is InChI=1S/C19H30N2O3/c1-18(2,24-3)13-17(23)20-19(15-22)9-11-21(12-10-19)14-16-7-5-4-6-8-16/h4-8,22H,9-15H2,1-3H3,(H,20,23). The van der Waals surface area contributed by atoms with Crippen LogP contribution in [0.5, 0.6) is 0 Å². The van der Waals surface area contributed by atoms with E-state index in [1.165, 1.54) is 5.56 Å². The molecule has 1 amide bonds. The normalized spacial score (nSPS) is 18.3. The Morgan fingerprint density at radius 2 is 1.92 bits per heavy atom. The highest BCUT2D eigenvalue weighted by molar-refractivity contribution is 5.77. The first kappa shape index (κ1) is 18.9. The molecule has 0 unspecified atom stereocenters. The predicted molar refractivity (Wildman–Crippen MR) is 94.6 cm³/mol. The Kier molecular flexibility index (Phi) is 6.38. The van der Waals surface area contributed by atoms with Crippen LogP contribution in [-0.4, -0.2) is 53.9 Å². The Bertz CT molecular complexity index is 523. The van der Waals surface area contributed by atoms with Crippen LogP contribution >= 0.6 is 0 Å². The van der Waals surface area contributed by atoms with Crippen molar-refractivity contribution < 1.29 is 14.6 Å². The van der Waals surface area contributed by atoms with Crippen molar-refractivity contribution in [1.29, 1.82) is 0 Å². The van der Waals surface area contributed by atoms with Gasteiger partial charge in [-0.1, -0.05) is 30.3 Å². The summed E-state index contributed by atoms with van der Waals surface area (Å²) in [5.74, 6) is -0.0626. The van der Waals surface area contributed by atoms with E-state index in [1.807, 2.05) is 19.9 Å². The van der Waals surface area contributed by atoms with Gasteiger partial charge < -0.3 is 15.2 Å². The molecule has 1 aliphatic heterocycles. The van der Waals surface area contributed by atoms with Crippen molar-refractivity contribution in [2.75, 3.05) is 26.8 Å². The maximum absolute atomic E-state index is 12.3. The fraction of sp³-hybridized carbons (Fsp3) is 0.632. The van der Waals surface area contributed by atoms with E-state index in [-0.39, 0.29) is 12.5 Å². The Hall–Kier alpha value is -1.43. The number of rotatable bonds is 7. The SMILES string of the molecule is COC(C)(C)CC(=O)NC1(CO)CCN(Cc2ccccc2)CC1. The molecular weight excluding hydrogens is 304 g/mol. The van der Waals surface area contributed by atoms with E-state index >= 15 is 0 Å². The van der Waals surface area contributed by atoms with Crippen LogP contribution in [-0.2, 0) is 16.1 Å². The van der Waals surface area contributed by atoms with Crippen LogP contribution in [0.1, 0.15) is 38.7 Å². The first-order chi connectivity index (χ1) is 11.4. The van der Waals surface area contributed by atoms with E-state index in [2.05, 4.69) is 34.5 Å². The lowest BCUT2D eigenvalue weighted by Crippen LogP contribution is -2.58. The molecule has 5 nitrogen and oxygen atoms in total. The summed E-state index contributed by atoms with van der Waals surface area (Å²) in [6.07, 6.45) is 1.81. The summed E-state index contributed by atoms with van der Waals surface area (Å²) in [5, 5.41) is 12.9. The average Bonchev–Trinajstić information content (AvgIpc) is 2.57. The van der Waals surface area contributed by atoms with Gasteiger partial charge in [-0.05, 0) is 32.3 Å². The van der Waals surface area contributed by atoms with Crippen molar-refractivity contribution in [3.8, 4) is 0 Å². The average molecular weight is 334 g/mol. The maximum atomic E-state index is 12.3. The Morgan fingerprint density at radius 1 is 1.29 bits per heavy atom. The van der Waals surface area contributed by atoms with Crippen molar-refractivity contribution in [3.05, 3.63) is 35.9 Å². The maximum Gasteiger partial charge on any atom is 0.223 e. The highest BCUT2D eigenvalue weighted by atomic mass is 16.5. The quantitative estimate of drug-likeness (QED) is 0.800. The lowest BCUT2D eigenvalue weighted by molar-refractivity contribution is -0.129. The molecule has 1 aromatic carbocycles. The van der Waals surface area contributed by atoms with Gasteiger partial charge in [-0.25, -0.2) is 0 Å². The highest BCUT2D eigenvalue weighted by Gasteiger charge is 2.36. The Balaban J connectivity index is 1.88. The third kappa shape index (κ3) is 5.30. The van der Waals surface area contributed by atoms with E-state index in [0.29, 0.717) is 6.42 Å². The second-order valence-corrected chi connectivity index (χ2v) is 7.39. The molecule has 1 fully saturated rings. The fourth-order valence-corrected chi connectivity index (χ4v) is 3.10. The van der Waals surface area contributed by atoms with Gasteiger partial charge in [-0.2, -0.15) is 0 Å². The lowest BCUT2D eigenvalue weighted by Gasteiger charge is -2.41.